The Bertz CT molecular complexity index is 1130. The molecule has 172 valence electrons. The SMILES string of the molecule is CSC(CC(N)(C(=O)O)C(=O)c1ccccc1-c1ccccc1)NS(=O)Sc1cccnc1. The third kappa shape index (κ3) is 6.30. The summed E-state index contributed by atoms with van der Waals surface area (Å²) in [6.45, 7) is 0. The van der Waals surface area contributed by atoms with Gasteiger partial charge < -0.3 is 10.8 Å². The smallest absolute Gasteiger partial charge is 0.331 e. The third-order valence-electron chi connectivity index (χ3n) is 4.87. The molecule has 1 aromatic heterocycles. The van der Waals surface area contributed by atoms with Crippen molar-refractivity contribution < 1.29 is 18.9 Å². The lowest BCUT2D eigenvalue weighted by Gasteiger charge is -2.28. The van der Waals surface area contributed by atoms with Crippen LogP contribution in [0.1, 0.15) is 16.8 Å². The molecule has 7 nitrogen and oxygen atoms in total. The Labute approximate surface area is 202 Å². The van der Waals surface area contributed by atoms with Crippen LogP contribution in [0.4, 0.5) is 0 Å². The maximum absolute atomic E-state index is 13.5. The van der Waals surface area contributed by atoms with E-state index < -0.39 is 32.7 Å². The second-order valence-corrected chi connectivity index (χ2v) is 10.9. The fourth-order valence-electron chi connectivity index (χ4n) is 3.15. The molecule has 3 unspecified atom stereocenters. The molecule has 3 aromatic rings. The summed E-state index contributed by atoms with van der Waals surface area (Å²) < 4.78 is 15.4. The van der Waals surface area contributed by atoms with Crippen molar-refractivity contribution in [2.24, 2.45) is 5.73 Å². The van der Waals surface area contributed by atoms with Crippen LogP contribution in [0.5, 0.6) is 0 Å². The van der Waals surface area contributed by atoms with Crippen molar-refractivity contribution in [3.8, 4) is 11.1 Å². The molecule has 33 heavy (non-hydrogen) atoms. The number of carboxylic acids is 1. The van der Waals surface area contributed by atoms with Gasteiger partial charge in [0.05, 0.1) is 5.37 Å². The number of hydrogen-bond donors (Lipinski definition) is 3. The molecule has 0 bridgehead atoms. The predicted molar refractivity (Wildman–Crippen MR) is 134 cm³/mol. The molecule has 0 aliphatic rings. The van der Waals surface area contributed by atoms with E-state index in [1.54, 1.807) is 55.0 Å². The summed E-state index contributed by atoms with van der Waals surface area (Å²) in [5.41, 5.74) is 5.64. The number of nitrogens with one attached hydrogen (secondary N) is 1. The van der Waals surface area contributed by atoms with Crippen LogP contribution < -0.4 is 10.5 Å². The van der Waals surface area contributed by atoms with Crippen LogP contribution in [0.15, 0.2) is 84.0 Å². The molecule has 2 aromatic carbocycles. The molecule has 1 heterocycles. The van der Waals surface area contributed by atoms with E-state index in [-0.39, 0.29) is 12.0 Å². The number of pyridine rings is 1. The number of benzene rings is 2. The van der Waals surface area contributed by atoms with Crippen molar-refractivity contribution in [3.05, 3.63) is 84.7 Å². The van der Waals surface area contributed by atoms with Crippen LogP contribution in [0.3, 0.4) is 0 Å². The van der Waals surface area contributed by atoms with Crippen LogP contribution in [0, 0.1) is 0 Å². The van der Waals surface area contributed by atoms with Gasteiger partial charge in [0, 0.05) is 29.3 Å². The molecular formula is C23H23N3O4S3. The fraction of sp³-hybridized carbons (Fsp3) is 0.174. The van der Waals surface area contributed by atoms with Gasteiger partial charge in [0.15, 0.2) is 21.3 Å². The summed E-state index contributed by atoms with van der Waals surface area (Å²) in [5.74, 6) is -2.15. The van der Waals surface area contributed by atoms with Gasteiger partial charge in [-0.1, -0.05) is 54.6 Å². The number of hydrogen-bond acceptors (Lipinski definition) is 7. The Hall–Kier alpha value is -2.50. The highest BCUT2D eigenvalue weighted by atomic mass is 33.1. The average molecular weight is 502 g/mol. The Kier molecular flexibility index (Phi) is 8.81. The maximum Gasteiger partial charge on any atom is 0.331 e. The van der Waals surface area contributed by atoms with E-state index in [1.807, 2.05) is 30.3 Å². The molecule has 3 atom stereocenters. The lowest BCUT2D eigenvalue weighted by atomic mass is 9.84. The van der Waals surface area contributed by atoms with Crippen molar-refractivity contribution in [1.82, 2.24) is 9.71 Å². The van der Waals surface area contributed by atoms with Gasteiger partial charge in [-0.3, -0.25) is 9.78 Å². The van der Waals surface area contributed by atoms with E-state index >= 15 is 0 Å². The van der Waals surface area contributed by atoms with Crippen molar-refractivity contribution >= 4 is 44.3 Å². The van der Waals surface area contributed by atoms with Crippen molar-refractivity contribution in [1.29, 1.82) is 0 Å². The van der Waals surface area contributed by atoms with E-state index in [9.17, 15) is 18.9 Å². The van der Waals surface area contributed by atoms with E-state index in [4.69, 9.17) is 5.73 Å². The maximum atomic E-state index is 13.5. The molecule has 0 amide bonds. The molecule has 3 rings (SSSR count). The molecule has 0 aliphatic heterocycles. The second kappa shape index (κ2) is 11.6. The Morgan fingerprint density at radius 1 is 1.12 bits per heavy atom. The molecular weight excluding hydrogens is 478 g/mol. The number of aliphatic carboxylic acids is 1. The quantitative estimate of drug-likeness (QED) is 0.157. The minimum atomic E-state index is -2.21. The average Bonchev–Trinajstić information content (AvgIpc) is 2.84. The van der Waals surface area contributed by atoms with Crippen LogP contribution >= 0.6 is 22.6 Å². The molecule has 0 radical (unpaired) electrons. The molecule has 0 saturated heterocycles. The highest BCUT2D eigenvalue weighted by Gasteiger charge is 2.45. The zero-order chi connectivity index (χ0) is 23.8. The zero-order valence-corrected chi connectivity index (χ0v) is 20.2. The molecule has 0 spiro atoms. The fourth-order valence-corrected chi connectivity index (χ4v) is 6.48. The first-order chi connectivity index (χ1) is 15.8. The molecule has 10 heteroatoms. The summed E-state index contributed by atoms with van der Waals surface area (Å²) in [6.07, 6.45) is 4.66. The van der Waals surface area contributed by atoms with Gasteiger partial charge in [0.25, 0.3) is 0 Å². The van der Waals surface area contributed by atoms with E-state index in [1.165, 1.54) is 11.8 Å². The number of ketones is 1. The van der Waals surface area contributed by atoms with Crippen LogP contribution in [-0.2, 0) is 14.8 Å². The van der Waals surface area contributed by atoms with Crippen molar-refractivity contribution in [2.75, 3.05) is 6.26 Å². The van der Waals surface area contributed by atoms with Crippen molar-refractivity contribution in [2.45, 2.75) is 22.2 Å². The van der Waals surface area contributed by atoms with Gasteiger partial charge >= 0.3 is 5.97 Å². The number of nitrogens with zero attached hydrogens (tertiary/aromatic N) is 1. The number of carboxylic acid groups (broad SMARTS) is 1. The van der Waals surface area contributed by atoms with E-state index in [2.05, 4.69) is 9.71 Å². The van der Waals surface area contributed by atoms with Gasteiger partial charge in [-0.05, 0) is 40.3 Å². The minimum Gasteiger partial charge on any atom is -0.480 e. The topological polar surface area (TPSA) is 122 Å². The molecule has 4 N–H and O–H groups in total. The van der Waals surface area contributed by atoms with Crippen molar-refractivity contribution in [3.63, 3.8) is 0 Å². The number of rotatable bonds is 11. The third-order valence-corrected chi connectivity index (χ3v) is 8.25. The molecule has 0 saturated carbocycles. The van der Waals surface area contributed by atoms with Gasteiger partial charge in [-0.2, -0.15) is 0 Å². The van der Waals surface area contributed by atoms with Gasteiger partial charge in [-0.25, -0.2) is 13.7 Å². The van der Waals surface area contributed by atoms with E-state index in [0.29, 0.717) is 10.5 Å². The number of aromatic nitrogens is 1. The predicted octanol–water partition coefficient (Wildman–Crippen LogP) is 3.75. The van der Waals surface area contributed by atoms with Gasteiger partial charge in [-0.15, -0.1) is 11.8 Å². The first-order valence-electron chi connectivity index (χ1n) is 9.85. The van der Waals surface area contributed by atoms with E-state index in [0.717, 1.165) is 16.4 Å². The first-order valence-corrected chi connectivity index (χ1v) is 13.6. The van der Waals surface area contributed by atoms with Gasteiger partial charge in [0.1, 0.15) is 0 Å². The minimum absolute atomic E-state index is 0.222. The summed E-state index contributed by atoms with van der Waals surface area (Å²) >= 11 is 1.24. The lowest BCUT2D eigenvalue weighted by molar-refractivity contribution is -0.141. The standard InChI is InChI=1S/C23H23N3O4S3/c1-31-20(26-33(30)32-17-10-7-13-25-15-17)14-23(24,22(28)29)21(27)19-12-6-5-11-18(19)16-8-3-2-4-9-16/h2-13,15,20,26H,14,24H2,1H3,(H,28,29). The Morgan fingerprint density at radius 2 is 1.82 bits per heavy atom. The highest BCUT2D eigenvalue weighted by molar-refractivity contribution is 8.68. The number of thioether (sulfide) groups is 1. The number of Topliss-reactive ketones (excluding diaryl/α,β-unsaturated/α-hetero) is 1. The monoisotopic (exact) mass is 501 g/mol. The Morgan fingerprint density at radius 3 is 2.45 bits per heavy atom. The number of carbonyl (C=O) groups excluding carboxylic acids is 1. The van der Waals surface area contributed by atoms with Gasteiger partial charge in [0.2, 0.25) is 0 Å². The normalized spacial score (nSPS) is 14.7. The lowest BCUT2D eigenvalue weighted by Crippen LogP contribution is -2.57. The summed E-state index contributed by atoms with van der Waals surface area (Å²) in [7, 11) is -0.556. The highest BCUT2D eigenvalue weighted by Crippen LogP contribution is 2.30. The molecule has 0 fully saturated rings. The Balaban J connectivity index is 1.84. The molecule has 0 aliphatic carbocycles. The largest absolute Gasteiger partial charge is 0.480 e. The summed E-state index contributed by atoms with van der Waals surface area (Å²) in [5, 5.41) is 9.32. The number of nitrogens with two attached hydrogens (primary N) is 1. The van der Waals surface area contributed by atoms with Crippen LogP contribution in [-0.4, -0.2) is 43.2 Å². The summed E-state index contributed by atoms with van der Waals surface area (Å²) in [6, 6.07) is 19.5. The second-order valence-electron chi connectivity index (χ2n) is 7.07. The first kappa shape index (κ1) is 25.1. The van der Waals surface area contributed by atoms with Crippen LogP contribution in [0.25, 0.3) is 11.1 Å². The number of carbonyl (C=O) groups is 2. The van der Waals surface area contributed by atoms with Crippen LogP contribution in [0.2, 0.25) is 0 Å². The summed E-state index contributed by atoms with van der Waals surface area (Å²) in [4.78, 5) is 30.4. The zero-order valence-electron chi connectivity index (χ0n) is 17.7.